The molecule has 0 fully saturated rings. The van der Waals surface area contributed by atoms with E-state index in [9.17, 15) is 0 Å². The molecule has 15 rings (SSSR count). The second-order valence-corrected chi connectivity index (χ2v) is 19.9. The van der Waals surface area contributed by atoms with E-state index in [0.29, 0.717) is 5.82 Å². The van der Waals surface area contributed by atoms with Crippen LogP contribution in [0.4, 0.5) is 0 Å². The van der Waals surface area contributed by atoms with Gasteiger partial charge in [-0.05, 0) is 169 Å². The largest absolute Gasteiger partial charge is 0.225 e. The molecule has 12 aromatic carbocycles. The second kappa shape index (κ2) is 17.2. The van der Waals surface area contributed by atoms with Crippen molar-refractivity contribution in [3.05, 3.63) is 300 Å². The number of allylic oxidation sites excluding steroid dienone is 5. The van der Waals surface area contributed by atoms with Crippen molar-refractivity contribution in [3.8, 4) is 33.4 Å². The fourth-order valence-corrected chi connectivity index (χ4v) is 12.5. The second-order valence-electron chi connectivity index (χ2n) is 19.9. The Kier molecular flexibility index (Phi) is 9.79. The van der Waals surface area contributed by atoms with Crippen LogP contribution in [0.25, 0.3) is 115 Å². The molecule has 0 spiro atoms. The Bertz CT molecular complexity index is 4630. The zero-order valence-corrected chi connectivity index (χ0v) is 41.1. The first-order valence-electron chi connectivity index (χ1n) is 25.7. The Hall–Kier alpha value is -9.83. The quantitative estimate of drug-likeness (QED) is 0.160. The first-order valence-corrected chi connectivity index (χ1v) is 25.7. The minimum absolute atomic E-state index is 0.631. The summed E-state index contributed by atoms with van der Waals surface area (Å²) in [5.41, 5.74) is 20.7. The molecule has 0 saturated heterocycles. The van der Waals surface area contributed by atoms with Crippen LogP contribution in [0.1, 0.15) is 39.2 Å². The molecule has 0 unspecified atom stereocenters. The van der Waals surface area contributed by atoms with Gasteiger partial charge in [-0.3, -0.25) is 0 Å². The third kappa shape index (κ3) is 6.79. The Balaban J connectivity index is 1.20. The standard InChI is InChI=1S/C72H45N3/c1-44-61(55-34-30-45-16-5-9-23-51(45)38-55)64(56-35-31-46-17-6-10-24-52(46)39-56)63(50-21-3-2-4-22-50)68-62(44)69-67(60-29-15-27-49-20-13-14-28-59(49)60)65(57-36-32-47-18-7-11-25-53(47)40-57)66(70(69)71(68)72-74-42-73-43-75-72)58-37-33-48-19-8-12-26-54(48)41-58/h2-43H,1H3. The fourth-order valence-electron chi connectivity index (χ4n) is 12.5. The molecule has 2 aliphatic rings. The summed E-state index contributed by atoms with van der Waals surface area (Å²) in [6.45, 7) is 2.37. The van der Waals surface area contributed by atoms with E-state index >= 15 is 0 Å². The van der Waals surface area contributed by atoms with Crippen LogP contribution in [0.5, 0.6) is 0 Å². The zero-order valence-electron chi connectivity index (χ0n) is 41.1. The van der Waals surface area contributed by atoms with Crippen LogP contribution in [0.15, 0.2) is 261 Å². The maximum absolute atomic E-state index is 5.18. The molecule has 348 valence electrons. The topological polar surface area (TPSA) is 38.7 Å². The Morgan fingerprint density at radius 1 is 0.253 bits per heavy atom. The van der Waals surface area contributed by atoms with Crippen molar-refractivity contribution in [1.82, 2.24) is 15.0 Å². The molecule has 0 N–H and O–H groups in total. The molecule has 0 atom stereocenters. The van der Waals surface area contributed by atoms with Crippen molar-refractivity contribution >= 4 is 81.7 Å². The Morgan fingerprint density at radius 3 is 1.24 bits per heavy atom. The van der Waals surface area contributed by atoms with Crippen LogP contribution in [0, 0.1) is 6.92 Å². The summed E-state index contributed by atoms with van der Waals surface area (Å²) in [7, 11) is 0. The lowest BCUT2D eigenvalue weighted by Gasteiger charge is -2.26. The molecule has 75 heavy (non-hydrogen) atoms. The van der Waals surface area contributed by atoms with E-state index < -0.39 is 0 Å². The molecule has 2 aliphatic carbocycles. The molecule has 0 bridgehead atoms. The van der Waals surface area contributed by atoms with Gasteiger partial charge in [-0.1, -0.05) is 218 Å². The van der Waals surface area contributed by atoms with Gasteiger partial charge in [-0.2, -0.15) is 0 Å². The lowest BCUT2D eigenvalue weighted by Crippen LogP contribution is -2.05. The van der Waals surface area contributed by atoms with Gasteiger partial charge in [-0.25, -0.2) is 15.0 Å². The molecule has 0 saturated carbocycles. The van der Waals surface area contributed by atoms with E-state index in [1.165, 1.54) is 98.4 Å². The fraction of sp³-hybridized carbons (Fsp3) is 0.0139. The predicted octanol–water partition coefficient (Wildman–Crippen LogP) is 18.3. The van der Waals surface area contributed by atoms with Crippen molar-refractivity contribution in [1.29, 1.82) is 0 Å². The normalized spacial score (nSPS) is 13.2. The molecule has 3 nitrogen and oxygen atoms in total. The third-order valence-electron chi connectivity index (χ3n) is 15.7. The SMILES string of the molecule is Cc1c2c(c(-c3ccccc3)c(-c3ccc4ccccc4c3)c1-c1ccc3ccccc3c1)C(c1ncncn1)=C1C(c3ccc4ccccc4c3)=C(c3ccc4ccccc4c3)C(c3cccc4ccccc34)=C12. The predicted molar refractivity (Wildman–Crippen MR) is 314 cm³/mol. The summed E-state index contributed by atoms with van der Waals surface area (Å²) < 4.78 is 0. The maximum Gasteiger partial charge on any atom is 0.163 e. The van der Waals surface area contributed by atoms with Gasteiger partial charge >= 0.3 is 0 Å². The number of hydrogen-bond donors (Lipinski definition) is 0. The van der Waals surface area contributed by atoms with Gasteiger partial charge in [0.2, 0.25) is 0 Å². The number of nitrogens with zero attached hydrogens (tertiary/aromatic N) is 3. The Labute approximate surface area is 434 Å². The number of benzene rings is 12. The van der Waals surface area contributed by atoms with Crippen molar-refractivity contribution in [3.63, 3.8) is 0 Å². The van der Waals surface area contributed by atoms with Gasteiger partial charge < -0.3 is 0 Å². The highest BCUT2D eigenvalue weighted by molar-refractivity contribution is 6.41. The summed E-state index contributed by atoms with van der Waals surface area (Å²) >= 11 is 0. The Morgan fingerprint density at radius 2 is 0.680 bits per heavy atom. The van der Waals surface area contributed by atoms with Crippen LogP contribution >= 0.6 is 0 Å². The van der Waals surface area contributed by atoms with E-state index in [1.54, 1.807) is 12.7 Å². The lowest BCUT2D eigenvalue weighted by molar-refractivity contribution is 1.02. The van der Waals surface area contributed by atoms with E-state index in [-0.39, 0.29) is 0 Å². The number of fused-ring (bicyclic) bond motifs is 8. The minimum Gasteiger partial charge on any atom is -0.225 e. The summed E-state index contributed by atoms with van der Waals surface area (Å²) in [5, 5.41) is 11.9. The average molecular weight is 952 g/mol. The summed E-state index contributed by atoms with van der Waals surface area (Å²) in [5.74, 6) is 0.631. The average Bonchev–Trinajstić information content (AvgIpc) is 4.00. The smallest absolute Gasteiger partial charge is 0.163 e. The van der Waals surface area contributed by atoms with Gasteiger partial charge in [0.25, 0.3) is 0 Å². The van der Waals surface area contributed by atoms with Crippen molar-refractivity contribution in [2.45, 2.75) is 6.92 Å². The molecule has 3 heteroatoms. The maximum atomic E-state index is 5.18. The lowest BCUT2D eigenvalue weighted by atomic mass is 9.76. The highest BCUT2D eigenvalue weighted by Crippen LogP contribution is 2.65. The van der Waals surface area contributed by atoms with Crippen molar-refractivity contribution in [2.24, 2.45) is 0 Å². The van der Waals surface area contributed by atoms with Gasteiger partial charge in [0.15, 0.2) is 5.82 Å². The van der Waals surface area contributed by atoms with E-state index in [2.05, 4.69) is 255 Å². The zero-order chi connectivity index (χ0) is 49.6. The molecule has 1 heterocycles. The highest BCUT2D eigenvalue weighted by Gasteiger charge is 2.45. The van der Waals surface area contributed by atoms with Crippen LogP contribution in [-0.2, 0) is 0 Å². The first kappa shape index (κ1) is 42.8. The van der Waals surface area contributed by atoms with Gasteiger partial charge in [0.05, 0.1) is 0 Å². The monoisotopic (exact) mass is 951 g/mol. The molecular weight excluding hydrogens is 907 g/mol. The van der Waals surface area contributed by atoms with Crippen LogP contribution in [0.2, 0.25) is 0 Å². The summed E-state index contributed by atoms with van der Waals surface area (Å²) in [6, 6.07) is 89.6. The molecule has 0 amide bonds. The summed E-state index contributed by atoms with van der Waals surface area (Å²) in [6.07, 6.45) is 3.31. The minimum atomic E-state index is 0.631. The van der Waals surface area contributed by atoms with Gasteiger partial charge in [0, 0.05) is 16.7 Å². The summed E-state index contributed by atoms with van der Waals surface area (Å²) in [4.78, 5) is 14.8. The van der Waals surface area contributed by atoms with Gasteiger partial charge in [0.1, 0.15) is 12.7 Å². The molecular formula is C72H45N3. The van der Waals surface area contributed by atoms with Crippen molar-refractivity contribution < 1.29 is 0 Å². The van der Waals surface area contributed by atoms with Gasteiger partial charge in [-0.15, -0.1) is 0 Å². The number of rotatable bonds is 7. The van der Waals surface area contributed by atoms with Crippen LogP contribution < -0.4 is 0 Å². The van der Waals surface area contributed by atoms with E-state index in [0.717, 1.165) is 55.7 Å². The molecule has 1 aromatic heterocycles. The molecule has 13 aromatic rings. The number of aromatic nitrogens is 3. The third-order valence-corrected chi connectivity index (χ3v) is 15.7. The van der Waals surface area contributed by atoms with E-state index in [4.69, 9.17) is 9.97 Å². The van der Waals surface area contributed by atoms with E-state index in [1.807, 2.05) is 0 Å². The highest BCUT2D eigenvalue weighted by atomic mass is 15.0. The van der Waals surface area contributed by atoms with Crippen molar-refractivity contribution in [2.75, 3.05) is 0 Å². The molecule has 0 aliphatic heterocycles. The molecule has 0 radical (unpaired) electrons. The first-order chi connectivity index (χ1) is 37.1. The van der Waals surface area contributed by atoms with Crippen LogP contribution in [0.3, 0.4) is 0 Å². The van der Waals surface area contributed by atoms with Crippen LogP contribution in [-0.4, -0.2) is 15.0 Å². The number of hydrogen-bond acceptors (Lipinski definition) is 3.